The molecule has 1 aromatic rings. The van der Waals surface area contributed by atoms with Crippen LogP contribution in [0.5, 0.6) is 0 Å². The number of carbonyl (C=O) groups excluding carboxylic acids is 1. The Morgan fingerprint density at radius 3 is 2.77 bits per heavy atom. The summed E-state index contributed by atoms with van der Waals surface area (Å²) in [7, 11) is 0. The third-order valence-electron chi connectivity index (χ3n) is 1.06. The van der Waals surface area contributed by atoms with Gasteiger partial charge < -0.3 is 10.5 Å². The fraction of sp³-hybridized carbons (Fsp3) is 0.333. The molecule has 0 atom stereocenters. The van der Waals surface area contributed by atoms with Gasteiger partial charge in [0.25, 0.3) is 0 Å². The zero-order valence-corrected chi connectivity index (χ0v) is 13.6. The summed E-state index contributed by atoms with van der Waals surface area (Å²) in [4.78, 5) is 15.1. The summed E-state index contributed by atoms with van der Waals surface area (Å²) < 4.78 is 4.72. The zero-order chi connectivity index (χ0) is 8.27. The van der Waals surface area contributed by atoms with Crippen molar-refractivity contribution in [1.29, 1.82) is 0 Å². The molecule has 0 bridgehead atoms. The van der Waals surface area contributed by atoms with E-state index in [9.17, 15) is 4.79 Å². The van der Waals surface area contributed by atoms with Gasteiger partial charge in [-0.3, -0.25) is 0 Å². The molecular weight excluding hydrogens is 437 g/mol. The van der Waals surface area contributed by atoms with Crippen LogP contribution < -0.4 is 5.73 Å². The van der Waals surface area contributed by atoms with Gasteiger partial charge in [-0.15, -0.1) is 11.3 Å². The number of nitrogens with zero attached hydrogens (tertiary/aromatic N) is 1. The normalized spacial score (nSPS) is 8.08. The molecule has 0 saturated heterocycles. The smallest absolute Gasteiger partial charge is 0.352 e. The van der Waals surface area contributed by atoms with Crippen molar-refractivity contribution in [3.05, 3.63) is 10.4 Å². The molecule has 69 valence electrons. The number of hydrogen-bond acceptors (Lipinski definition) is 5. The van der Waals surface area contributed by atoms with Gasteiger partial charge in [0, 0.05) is 53.8 Å². The van der Waals surface area contributed by atoms with Crippen LogP contribution in [-0.4, -0.2) is 17.6 Å². The van der Waals surface area contributed by atoms with Crippen molar-refractivity contribution >= 4 is 23.1 Å². The van der Waals surface area contributed by atoms with Crippen molar-refractivity contribution < 1.29 is 63.3 Å². The Labute approximate surface area is 120 Å². The molecular formula is C6H8N2O2SWY. The molecule has 0 amide bonds. The Hall–Kier alpha value is 0.692. The first kappa shape index (κ1) is 16.1. The van der Waals surface area contributed by atoms with Crippen molar-refractivity contribution in [2.75, 3.05) is 12.3 Å². The monoisotopic (exact) mass is 445 g/mol. The van der Waals surface area contributed by atoms with E-state index in [0.29, 0.717) is 11.5 Å². The zero-order valence-electron chi connectivity index (χ0n) is 7.02. The molecule has 0 aliphatic heterocycles. The van der Waals surface area contributed by atoms with Crippen molar-refractivity contribution in [3.8, 4) is 0 Å². The Morgan fingerprint density at radius 1 is 1.77 bits per heavy atom. The van der Waals surface area contributed by atoms with E-state index in [1.165, 1.54) is 16.8 Å². The van der Waals surface area contributed by atoms with Crippen molar-refractivity contribution in [3.63, 3.8) is 0 Å². The van der Waals surface area contributed by atoms with Gasteiger partial charge in [-0.25, -0.2) is 9.78 Å². The van der Waals surface area contributed by atoms with Crippen LogP contribution in [0.2, 0.25) is 0 Å². The summed E-state index contributed by atoms with van der Waals surface area (Å²) in [6.07, 6.45) is 0. The van der Waals surface area contributed by atoms with E-state index in [0.717, 1.165) is 0 Å². The van der Waals surface area contributed by atoms with Gasteiger partial charge in [-0.05, 0) is 6.92 Å². The van der Waals surface area contributed by atoms with Crippen LogP contribution in [0.3, 0.4) is 0 Å². The maximum atomic E-state index is 11.0. The number of nitrogen functional groups attached to an aromatic ring is 1. The van der Waals surface area contributed by atoms with Gasteiger partial charge in [-0.1, -0.05) is 0 Å². The van der Waals surface area contributed by atoms with Crippen molar-refractivity contribution in [1.82, 2.24) is 4.98 Å². The molecule has 1 heterocycles. The van der Waals surface area contributed by atoms with Crippen LogP contribution in [0.15, 0.2) is 5.51 Å². The maximum absolute atomic E-state index is 11.0. The number of hydrogen-bond donors (Lipinski definition) is 1. The minimum Gasteiger partial charge on any atom is -0.462 e. The quantitative estimate of drug-likeness (QED) is 0.688. The second-order valence-electron chi connectivity index (χ2n) is 1.79. The van der Waals surface area contributed by atoms with Gasteiger partial charge in [0.2, 0.25) is 0 Å². The summed E-state index contributed by atoms with van der Waals surface area (Å²) in [5, 5.41) is 0. The van der Waals surface area contributed by atoms with E-state index in [2.05, 4.69) is 4.98 Å². The first-order valence-corrected chi connectivity index (χ1v) is 3.99. The van der Waals surface area contributed by atoms with Crippen LogP contribution in [0, 0.1) is 0 Å². The SMILES string of the molecule is CCOC(=O)c1scnc1N.[W].[Y]. The fourth-order valence-corrected chi connectivity index (χ4v) is 1.20. The molecule has 1 rings (SSSR count). The second-order valence-corrected chi connectivity index (χ2v) is 2.64. The summed E-state index contributed by atoms with van der Waals surface area (Å²) in [6.45, 7) is 2.10. The van der Waals surface area contributed by atoms with E-state index in [1.807, 2.05) is 0 Å². The average Bonchev–Trinajstić information content (AvgIpc) is 2.36. The van der Waals surface area contributed by atoms with E-state index in [4.69, 9.17) is 10.5 Å². The van der Waals surface area contributed by atoms with E-state index in [-0.39, 0.29) is 59.6 Å². The summed E-state index contributed by atoms with van der Waals surface area (Å²) >= 11 is 1.19. The van der Waals surface area contributed by atoms with Crippen molar-refractivity contribution in [2.45, 2.75) is 6.92 Å². The number of aromatic nitrogens is 1. The molecule has 0 aromatic carbocycles. The Balaban J connectivity index is 0. The van der Waals surface area contributed by atoms with E-state index in [1.54, 1.807) is 6.92 Å². The number of thiazole rings is 1. The summed E-state index contributed by atoms with van der Waals surface area (Å²) in [6, 6.07) is 0. The van der Waals surface area contributed by atoms with Gasteiger partial charge >= 0.3 is 5.97 Å². The third-order valence-corrected chi connectivity index (χ3v) is 1.88. The van der Waals surface area contributed by atoms with Crippen LogP contribution in [0.25, 0.3) is 0 Å². The Kier molecular flexibility index (Phi) is 9.98. The number of carbonyl (C=O) groups is 1. The molecule has 1 aromatic heterocycles. The summed E-state index contributed by atoms with van der Waals surface area (Å²) in [5.74, 6) is -0.152. The topological polar surface area (TPSA) is 65.2 Å². The predicted octanol–water partition coefficient (Wildman–Crippen LogP) is 0.897. The molecule has 0 saturated carbocycles. The Bertz CT molecular complexity index is 269. The predicted molar refractivity (Wildman–Crippen MR) is 42.5 cm³/mol. The van der Waals surface area contributed by atoms with Crippen molar-refractivity contribution in [2.24, 2.45) is 0 Å². The second kappa shape index (κ2) is 8.04. The first-order valence-electron chi connectivity index (χ1n) is 3.11. The molecule has 0 spiro atoms. The number of anilines is 1. The van der Waals surface area contributed by atoms with Gasteiger partial charge in [0.1, 0.15) is 5.82 Å². The van der Waals surface area contributed by atoms with Crippen LogP contribution in [0.4, 0.5) is 5.82 Å². The molecule has 7 heteroatoms. The van der Waals surface area contributed by atoms with E-state index < -0.39 is 5.97 Å². The number of rotatable bonds is 2. The fourth-order valence-electron chi connectivity index (χ4n) is 0.604. The van der Waals surface area contributed by atoms with E-state index >= 15 is 0 Å². The largest absolute Gasteiger partial charge is 0.462 e. The van der Waals surface area contributed by atoms with Gasteiger partial charge in [0.05, 0.1) is 12.1 Å². The standard InChI is InChI=1S/C6H8N2O2S.W.Y/c1-2-10-6(9)4-5(7)8-3-11-4;;/h3H,2,7H2,1H3;;. The maximum Gasteiger partial charge on any atom is 0.352 e. The van der Waals surface area contributed by atoms with Crippen LogP contribution in [-0.2, 0) is 58.5 Å². The number of nitrogens with two attached hydrogens (primary N) is 1. The first-order chi connectivity index (χ1) is 5.25. The third kappa shape index (κ3) is 4.64. The molecule has 0 aliphatic carbocycles. The van der Waals surface area contributed by atoms with Gasteiger partial charge in [-0.2, -0.15) is 0 Å². The van der Waals surface area contributed by atoms with Gasteiger partial charge in [0.15, 0.2) is 4.88 Å². The molecule has 2 N–H and O–H groups in total. The minimum atomic E-state index is -0.396. The Morgan fingerprint density at radius 2 is 2.38 bits per heavy atom. The molecule has 13 heavy (non-hydrogen) atoms. The van der Waals surface area contributed by atoms with Crippen LogP contribution >= 0.6 is 11.3 Å². The van der Waals surface area contributed by atoms with Crippen LogP contribution in [0.1, 0.15) is 16.6 Å². The molecule has 4 nitrogen and oxygen atoms in total. The molecule has 0 fully saturated rings. The number of esters is 1. The molecule has 0 unspecified atom stereocenters. The minimum absolute atomic E-state index is 0. The molecule has 0 aliphatic rings. The summed E-state index contributed by atoms with van der Waals surface area (Å²) in [5.41, 5.74) is 6.89. The molecule has 1 radical (unpaired) electrons. The number of ether oxygens (including phenoxy) is 1. The average molecular weight is 445 g/mol.